The molecule has 0 amide bonds. The second-order valence-corrected chi connectivity index (χ2v) is 12.3. The summed E-state index contributed by atoms with van der Waals surface area (Å²) >= 11 is 0. The highest BCUT2D eigenvalue weighted by atomic mass is 19.1. The standard InChI is InChI=1S/C31H39F2NO4/c1-19-16-26-25-11-6-21-17-23(35)12-13-28(21,3)30(25,33)27(36)18-29(26,4)31(19,37)20(2)34-14-5-15-38-24-9-7-22(32)8-10-24/h7-10,12-13,17,19,25-27,36-37H,5-6,11,14-16,18H2,1-4H3. The minimum atomic E-state index is -1.91. The zero-order valence-electron chi connectivity index (χ0n) is 22.7. The number of rotatable bonds is 6. The first-order valence-corrected chi connectivity index (χ1v) is 13.8. The molecule has 5 nitrogen and oxygen atoms in total. The maximum absolute atomic E-state index is 17.3. The van der Waals surface area contributed by atoms with Gasteiger partial charge >= 0.3 is 0 Å². The summed E-state index contributed by atoms with van der Waals surface area (Å²) in [7, 11) is 0. The third-order valence-electron chi connectivity index (χ3n) is 10.5. The van der Waals surface area contributed by atoms with Crippen molar-refractivity contribution in [3.63, 3.8) is 0 Å². The van der Waals surface area contributed by atoms with Crippen molar-refractivity contribution in [1.82, 2.24) is 0 Å². The van der Waals surface area contributed by atoms with Gasteiger partial charge in [0.15, 0.2) is 11.5 Å². The SMILES string of the molecule is CC(=NCCCOc1ccc(F)cc1)C1(O)C(C)CC2C3CCC4=CC(=O)C=CC4(C)C3(F)C(O)CC21C. The van der Waals surface area contributed by atoms with Crippen LogP contribution in [0.15, 0.2) is 53.1 Å². The third-order valence-corrected chi connectivity index (χ3v) is 10.5. The summed E-state index contributed by atoms with van der Waals surface area (Å²) in [5.74, 6) is -0.580. The average molecular weight is 528 g/mol. The number of alkyl halides is 1. The average Bonchev–Trinajstić information content (AvgIpc) is 3.07. The Hall–Kier alpha value is -2.38. The predicted octanol–water partition coefficient (Wildman–Crippen LogP) is 5.40. The molecule has 0 heterocycles. The van der Waals surface area contributed by atoms with E-state index in [1.54, 1.807) is 24.3 Å². The van der Waals surface area contributed by atoms with Crippen LogP contribution in [-0.4, -0.2) is 52.2 Å². The molecule has 1 aromatic carbocycles. The monoisotopic (exact) mass is 527 g/mol. The zero-order chi connectivity index (χ0) is 27.5. The van der Waals surface area contributed by atoms with Gasteiger partial charge in [0.25, 0.3) is 0 Å². The number of ether oxygens (including phenoxy) is 1. The van der Waals surface area contributed by atoms with Gasteiger partial charge in [-0.25, -0.2) is 8.78 Å². The zero-order valence-corrected chi connectivity index (χ0v) is 22.7. The smallest absolute Gasteiger partial charge is 0.178 e. The maximum Gasteiger partial charge on any atom is 0.178 e. The Bertz CT molecular complexity index is 1190. The number of nitrogens with zero attached hydrogens (tertiary/aromatic N) is 1. The summed E-state index contributed by atoms with van der Waals surface area (Å²) in [6.45, 7) is 8.51. The van der Waals surface area contributed by atoms with Gasteiger partial charge in [-0.3, -0.25) is 9.79 Å². The lowest BCUT2D eigenvalue weighted by molar-refractivity contribution is -0.208. The van der Waals surface area contributed by atoms with Crippen LogP contribution in [0.2, 0.25) is 0 Å². The Morgan fingerprint density at radius 1 is 1.21 bits per heavy atom. The van der Waals surface area contributed by atoms with E-state index in [-0.39, 0.29) is 29.9 Å². The van der Waals surface area contributed by atoms with Crippen molar-refractivity contribution in [1.29, 1.82) is 0 Å². The van der Waals surface area contributed by atoms with Gasteiger partial charge in [-0.2, -0.15) is 0 Å². The van der Waals surface area contributed by atoms with Gasteiger partial charge in [-0.05, 0) is 87.8 Å². The van der Waals surface area contributed by atoms with E-state index in [2.05, 4.69) is 0 Å². The lowest BCUT2D eigenvalue weighted by atomic mass is 9.44. The number of fused-ring (bicyclic) bond motifs is 5. The number of halogens is 2. The number of benzene rings is 1. The Balaban J connectivity index is 1.35. The van der Waals surface area contributed by atoms with Crippen molar-refractivity contribution >= 4 is 11.5 Å². The Morgan fingerprint density at radius 2 is 1.92 bits per heavy atom. The van der Waals surface area contributed by atoms with Crippen LogP contribution in [0.3, 0.4) is 0 Å². The summed E-state index contributed by atoms with van der Waals surface area (Å²) in [5.41, 5.74) is -3.59. The van der Waals surface area contributed by atoms with E-state index in [9.17, 15) is 19.4 Å². The number of hydrogen-bond acceptors (Lipinski definition) is 5. The second kappa shape index (κ2) is 9.37. The number of carbonyl (C=O) groups excluding carboxylic acids is 1. The van der Waals surface area contributed by atoms with Gasteiger partial charge in [0.1, 0.15) is 17.2 Å². The molecular formula is C31H39F2NO4. The van der Waals surface area contributed by atoms with E-state index in [1.807, 2.05) is 27.7 Å². The molecule has 0 aromatic heterocycles. The Kier molecular flexibility index (Phi) is 6.71. The van der Waals surface area contributed by atoms with E-state index in [4.69, 9.17) is 9.73 Å². The van der Waals surface area contributed by atoms with Crippen molar-refractivity contribution < 1.29 is 28.5 Å². The van der Waals surface area contributed by atoms with Gasteiger partial charge in [0, 0.05) is 35.4 Å². The quantitative estimate of drug-likeness (QED) is 0.383. The number of carbonyl (C=O) groups is 1. The normalized spacial score (nSPS) is 42.3. The first-order chi connectivity index (χ1) is 17.9. The summed E-state index contributed by atoms with van der Waals surface area (Å²) in [6.07, 6.45) is 5.89. The lowest BCUT2D eigenvalue weighted by Gasteiger charge is -2.62. The number of aliphatic hydroxyl groups excluding tert-OH is 1. The van der Waals surface area contributed by atoms with Crippen LogP contribution in [0.4, 0.5) is 8.78 Å². The molecule has 0 aliphatic heterocycles. The molecule has 5 rings (SSSR count). The first-order valence-electron chi connectivity index (χ1n) is 13.8. The van der Waals surface area contributed by atoms with E-state index < -0.39 is 34.1 Å². The van der Waals surface area contributed by atoms with E-state index in [0.717, 1.165) is 5.57 Å². The highest BCUT2D eigenvalue weighted by Crippen LogP contribution is 2.70. The lowest BCUT2D eigenvalue weighted by Crippen LogP contribution is -2.69. The predicted molar refractivity (Wildman–Crippen MR) is 142 cm³/mol. The molecule has 38 heavy (non-hydrogen) atoms. The van der Waals surface area contributed by atoms with Crippen LogP contribution >= 0.6 is 0 Å². The number of allylic oxidation sites excluding steroid dienone is 4. The minimum Gasteiger partial charge on any atom is -0.494 e. The molecule has 4 aliphatic rings. The van der Waals surface area contributed by atoms with Crippen molar-refractivity contribution in [2.75, 3.05) is 13.2 Å². The van der Waals surface area contributed by atoms with Crippen LogP contribution in [0.5, 0.6) is 5.75 Å². The first kappa shape index (κ1) is 27.2. The summed E-state index contributed by atoms with van der Waals surface area (Å²) < 4.78 is 36.0. The van der Waals surface area contributed by atoms with Crippen molar-refractivity contribution in [2.24, 2.45) is 33.6 Å². The largest absolute Gasteiger partial charge is 0.494 e. The Labute approximate surface area is 223 Å². The summed E-state index contributed by atoms with van der Waals surface area (Å²) in [4.78, 5) is 16.8. The number of ketones is 1. The number of aliphatic imine (C=N–C) groups is 1. The van der Waals surface area contributed by atoms with Crippen molar-refractivity contribution in [3.8, 4) is 5.75 Å². The highest BCUT2D eigenvalue weighted by Gasteiger charge is 2.74. The number of aliphatic hydroxyl groups is 2. The second-order valence-electron chi connectivity index (χ2n) is 12.3. The molecule has 3 fully saturated rings. The molecular weight excluding hydrogens is 488 g/mol. The van der Waals surface area contributed by atoms with Gasteiger partial charge in [-0.1, -0.05) is 25.5 Å². The minimum absolute atomic E-state index is 0.122. The maximum atomic E-state index is 17.3. The molecule has 0 bridgehead atoms. The fourth-order valence-electron chi connectivity index (χ4n) is 8.47. The van der Waals surface area contributed by atoms with Crippen LogP contribution in [0, 0.1) is 34.4 Å². The molecule has 4 aliphatic carbocycles. The van der Waals surface area contributed by atoms with Crippen LogP contribution < -0.4 is 4.74 Å². The van der Waals surface area contributed by atoms with E-state index in [0.29, 0.717) is 50.3 Å². The van der Waals surface area contributed by atoms with Crippen LogP contribution in [0.1, 0.15) is 59.8 Å². The molecule has 0 saturated heterocycles. The molecule has 1 aromatic rings. The molecule has 8 atom stereocenters. The summed E-state index contributed by atoms with van der Waals surface area (Å²) in [5, 5.41) is 23.8. The molecule has 3 saturated carbocycles. The van der Waals surface area contributed by atoms with Crippen LogP contribution in [0.25, 0.3) is 0 Å². The molecule has 0 spiro atoms. The topological polar surface area (TPSA) is 79.1 Å². The van der Waals surface area contributed by atoms with Crippen molar-refractivity contribution in [2.45, 2.75) is 77.2 Å². The van der Waals surface area contributed by atoms with Gasteiger partial charge < -0.3 is 14.9 Å². The van der Waals surface area contributed by atoms with Crippen LogP contribution in [-0.2, 0) is 4.79 Å². The van der Waals surface area contributed by atoms with Gasteiger partial charge in [0.2, 0.25) is 0 Å². The third kappa shape index (κ3) is 3.75. The molecule has 8 unspecified atom stereocenters. The fourth-order valence-corrected chi connectivity index (χ4v) is 8.47. The van der Waals surface area contributed by atoms with Crippen molar-refractivity contribution in [3.05, 3.63) is 53.9 Å². The summed E-state index contributed by atoms with van der Waals surface area (Å²) in [6, 6.07) is 5.87. The molecule has 206 valence electrons. The van der Waals surface area contributed by atoms with Gasteiger partial charge in [-0.15, -0.1) is 0 Å². The fraction of sp³-hybridized carbons (Fsp3) is 0.613. The number of hydrogen-bond donors (Lipinski definition) is 2. The van der Waals surface area contributed by atoms with E-state index >= 15 is 4.39 Å². The van der Waals surface area contributed by atoms with Gasteiger partial charge in [0.05, 0.1) is 12.7 Å². The van der Waals surface area contributed by atoms with E-state index in [1.165, 1.54) is 18.2 Å². The molecule has 0 radical (unpaired) electrons. The highest BCUT2D eigenvalue weighted by molar-refractivity contribution is 6.01. The molecule has 7 heteroatoms. The molecule has 2 N–H and O–H groups in total. The Morgan fingerprint density at radius 3 is 2.63 bits per heavy atom.